The van der Waals surface area contributed by atoms with E-state index in [0.717, 1.165) is 19.1 Å². The Morgan fingerprint density at radius 3 is 2.94 bits per heavy atom. The summed E-state index contributed by atoms with van der Waals surface area (Å²) < 4.78 is 4.77. The minimum Gasteiger partial charge on any atom is -0.463 e. The first kappa shape index (κ1) is 14.1. The molecule has 18 heavy (non-hydrogen) atoms. The third-order valence-electron chi connectivity index (χ3n) is 2.75. The van der Waals surface area contributed by atoms with Crippen molar-refractivity contribution in [3.8, 4) is 0 Å². The first-order chi connectivity index (χ1) is 8.69. The largest absolute Gasteiger partial charge is 0.463 e. The topological polar surface area (TPSA) is 83.0 Å². The Balaban J connectivity index is 2.67. The molecule has 0 saturated carbocycles. The van der Waals surface area contributed by atoms with Crippen molar-refractivity contribution < 1.29 is 19.1 Å². The minimum atomic E-state index is -0.426. The van der Waals surface area contributed by atoms with Crippen LogP contribution in [0.25, 0.3) is 5.53 Å². The third-order valence-corrected chi connectivity index (χ3v) is 2.75. The summed E-state index contributed by atoms with van der Waals surface area (Å²) in [5.74, 6) is -0.684. The fourth-order valence-electron chi connectivity index (χ4n) is 1.93. The molecule has 1 rings (SSSR count). The highest BCUT2D eigenvalue weighted by atomic mass is 16.5. The first-order valence-electron chi connectivity index (χ1n) is 6.01. The Labute approximate surface area is 106 Å². The predicted octanol–water partition coefficient (Wildman–Crippen LogP) is 0.787. The van der Waals surface area contributed by atoms with E-state index in [-0.39, 0.29) is 11.8 Å². The maximum atomic E-state index is 11.7. The number of carbonyl (C=O) groups excluding carboxylic acids is 2. The molecule has 1 atom stereocenters. The summed E-state index contributed by atoms with van der Waals surface area (Å²) in [5, 5.41) is 0. The first-order valence-corrected chi connectivity index (χ1v) is 6.01. The van der Waals surface area contributed by atoms with E-state index in [1.165, 1.54) is 6.08 Å². The molecule has 6 heteroatoms. The zero-order valence-corrected chi connectivity index (χ0v) is 10.4. The van der Waals surface area contributed by atoms with E-state index in [2.05, 4.69) is 4.79 Å². The van der Waals surface area contributed by atoms with Crippen molar-refractivity contribution in [3.05, 3.63) is 17.8 Å². The molecule has 1 heterocycles. The number of ketones is 1. The Morgan fingerprint density at radius 1 is 1.50 bits per heavy atom. The van der Waals surface area contributed by atoms with Crippen LogP contribution in [0.5, 0.6) is 0 Å². The second-order valence-electron chi connectivity index (χ2n) is 3.96. The predicted molar refractivity (Wildman–Crippen MR) is 64.8 cm³/mol. The Kier molecular flexibility index (Phi) is 5.80. The normalized spacial score (nSPS) is 19.4. The van der Waals surface area contributed by atoms with Gasteiger partial charge < -0.3 is 15.2 Å². The number of piperidine rings is 1. The third kappa shape index (κ3) is 4.14. The van der Waals surface area contributed by atoms with Crippen LogP contribution in [0.3, 0.4) is 0 Å². The molecule has 1 saturated heterocycles. The van der Waals surface area contributed by atoms with Gasteiger partial charge in [-0.1, -0.05) is 0 Å². The van der Waals surface area contributed by atoms with Crippen molar-refractivity contribution in [1.29, 1.82) is 0 Å². The molecule has 1 aliphatic heterocycles. The lowest BCUT2D eigenvalue weighted by atomic mass is 9.99. The number of rotatable bonds is 5. The van der Waals surface area contributed by atoms with Crippen molar-refractivity contribution in [2.45, 2.75) is 32.2 Å². The van der Waals surface area contributed by atoms with Gasteiger partial charge in [0.2, 0.25) is 0 Å². The Hall–Kier alpha value is -1.94. The molecule has 6 nitrogen and oxygen atoms in total. The van der Waals surface area contributed by atoms with Gasteiger partial charge in [-0.3, -0.25) is 4.79 Å². The summed E-state index contributed by atoms with van der Waals surface area (Å²) in [4.78, 5) is 27.4. The average molecular weight is 251 g/mol. The summed E-state index contributed by atoms with van der Waals surface area (Å²) in [7, 11) is 0. The van der Waals surface area contributed by atoms with Crippen molar-refractivity contribution in [1.82, 2.24) is 4.90 Å². The second kappa shape index (κ2) is 7.40. The molecule has 0 aromatic rings. The highest BCUT2D eigenvalue weighted by Crippen LogP contribution is 2.17. The van der Waals surface area contributed by atoms with Gasteiger partial charge in [0.15, 0.2) is 0 Å². The van der Waals surface area contributed by atoms with Crippen LogP contribution in [0.15, 0.2) is 12.3 Å². The Bertz CT molecular complexity index is 386. The highest BCUT2D eigenvalue weighted by molar-refractivity contribution is 6.27. The minimum absolute atomic E-state index is 0.259. The molecule has 0 radical (unpaired) electrons. The molecule has 98 valence electrons. The monoisotopic (exact) mass is 251 g/mol. The quantitative estimate of drug-likeness (QED) is 0.238. The van der Waals surface area contributed by atoms with Crippen LogP contribution in [0.1, 0.15) is 26.2 Å². The summed E-state index contributed by atoms with van der Waals surface area (Å²) in [6.07, 6.45) is 6.39. The number of hydrogen-bond acceptors (Lipinski definition) is 4. The van der Waals surface area contributed by atoms with Gasteiger partial charge in [-0.05, 0) is 26.2 Å². The average Bonchev–Trinajstić information content (AvgIpc) is 2.37. The second-order valence-corrected chi connectivity index (χ2v) is 3.96. The molecule has 1 aliphatic rings. The van der Waals surface area contributed by atoms with Crippen LogP contribution in [-0.2, 0) is 14.3 Å². The van der Waals surface area contributed by atoms with E-state index in [1.54, 1.807) is 18.0 Å². The summed E-state index contributed by atoms with van der Waals surface area (Å²) in [6.45, 7) is 2.75. The number of esters is 1. The highest BCUT2D eigenvalue weighted by Gasteiger charge is 2.27. The molecule has 0 amide bonds. The van der Waals surface area contributed by atoms with E-state index >= 15 is 0 Å². The van der Waals surface area contributed by atoms with Gasteiger partial charge in [-0.2, -0.15) is 4.79 Å². The number of likely N-dealkylation sites (tertiary alicyclic amines) is 1. The van der Waals surface area contributed by atoms with Crippen LogP contribution in [-0.4, -0.2) is 46.9 Å². The van der Waals surface area contributed by atoms with Crippen molar-refractivity contribution in [2.24, 2.45) is 0 Å². The molecule has 0 N–H and O–H groups in total. The number of nitrogens with zero attached hydrogens (tertiary/aromatic N) is 3. The smallest absolute Gasteiger partial charge is 0.332 e. The van der Waals surface area contributed by atoms with Crippen LogP contribution in [0.4, 0.5) is 0 Å². The number of ether oxygens (including phenoxy) is 1. The van der Waals surface area contributed by atoms with Gasteiger partial charge in [0.1, 0.15) is 0 Å². The lowest BCUT2D eigenvalue weighted by molar-refractivity contribution is -0.137. The molecular formula is C12H17N3O3. The standard InChI is InChI=1S/C12H17N3O3/c1-2-18-12(17)6-8-15-7-4-3-5-10(15)11(16)9-14-13/h6,8-10H,2-5,7H2,1H3/b8-6+/t10-/m1/s1. The summed E-state index contributed by atoms with van der Waals surface area (Å²) in [6, 6.07) is -0.361. The van der Waals surface area contributed by atoms with Gasteiger partial charge in [0.05, 0.1) is 12.6 Å². The molecule has 0 unspecified atom stereocenters. The van der Waals surface area contributed by atoms with Crippen molar-refractivity contribution >= 4 is 18.0 Å². The van der Waals surface area contributed by atoms with E-state index in [4.69, 9.17) is 10.3 Å². The SMILES string of the molecule is CCOC(=O)/C=C/N1CCCC[C@@H]1C(=O)C=[N+]=[N-]. The molecular weight excluding hydrogens is 234 g/mol. The van der Waals surface area contributed by atoms with Crippen LogP contribution in [0.2, 0.25) is 0 Å². The van der Waals surface area contributed by atoms with E-state index in [1.807, 2.05) is 0 Å². The van der Waals surface area contributed by atoms with Gasteiger partial charge in [0, 0.05) is 18.8 Å². The zero-order chi connectivity index (χ0) is 13.4. The van der Waals surface area contributed by atoms with Crippen molar-refractivity contribution in [3.63, 3.8) is 0 Å². The van der Waals surface area contributed by atoms with Gasteiger partial charge in [-0.15, -0.1) is 0 Å². The molecule has 0 aromatic heterocycles. The molecule has 1 fully saturated rings. The number of Topliss-reactive ketones (excluding diaryl/α,β-unsaturated/α-hetero) is 1. The zero-order valence-electron chi connectivity index (χ0n) is 10.4. The maximum Gasteiger partial charge on any atom is 0.332 e. The van der Waals surface area contributed by atoms with Gasteiger partial charge in [0.25, 0.3) is 5.78 Å². The molecule has 0 spiro atoms. The van der Waals surface area contributed by atoms with Crippen LogP contribution >= 0.6 is 0 Å². The van der Waals surface area contributed by atoms with E-state index in [0.29, 0.717) is 19.6 Å². The molecule has 0 bridgehead atoms. The summed E-state index contributed by atoms with van der Waals surface area (Å²) in [5.41, 5.74) is 8.38. The number of carbonyl (C=O) groups is 2. The van der Waals surface area contributed by atoms with Gasteiger partial charge >= 0.3 is 12.2 Å². The fraction of sp³-hybridized carbons (Fsp3) is 0.583. The maximum absolute atomic E-state index is 11.7. The van der Waals surface area contributed by atoms with E-state index < -0.39 is 5.97 Å². The van der Waals surface area contributed by atoms with Crippen molar-refractivity contribution in [2.75, 3.05) is 13.2 Å². The van der Waals surface area contributed by atoms with Crippen LogP contribution < -0.4 is 0 Å². The number of hydrogen-bond donors (Lipinski definition) is 0. The lowest BCUT2D eigenvalue weighted by Gasteiger charge is -2.31. The Morgan fingerprint density at radius 2 is 2.28 bits per heavy atom. The summed E-state index contributed by atoms with van der Waals surface area (Å²) >= 11 is 0. The molecule has 0 aliphatic carbocycles. The van der Waals surface area contributed by atoms with Gasteiger partial charge in [-0.25, -0.2) is 4.79 Å². The molecule has 0 aromatic carbocycles. The van der Waals surface area contributed by atoms with E-state index in [9.17, 15) is 9.59 Å². The fourth-order valence-corrected chi connectivity index (χ4v) is 1.93. The van der Waals surface area contributed by atoms with Crippen LogP contribution in [0, 0.1) is 0 Å². The lowest BCUT2D eigenvalue weighted by Crippen LogP contribution is -2.42.